The molecule has 1 aromatic heterocycles. The molecule has 1 atom stereocenters. The van der Waals surface area contributed by atoms with E-state index in [1.165, 1.54) is 18.2 Å². The van der Waals surface area contributed by atoms with E-state index in [-0.39, 0.29) is 13.2 Å². The van der Waals surface area contributed by atoms with Crippen LogP contribution in [0, 0.1) is 5.82 Å². The highest BCUT2D eigenvalue weighted by Gasteiger charge is 2.25. The highest BCUT2D eigenvalue weighted by atomic mass is 32.1. The largest absolute Gasteiger partial charge is 0.460 e. The third-order valence-electron chi connectivity index (χ3n) is 4.22. The maximum atomic E-state index is 14.0. The molecule has 2 aromatic carbocycles. The number of hydrogen-bond donors (Lipinski definition) is 0. The van der Waals surface area contributed by atoms with Crippen LogP contribution in [0.5, 0.6) is 5.75 Å². The molecule has 0 unspecified atom stereocenters. The molecule has 0 spiro atoms. The first kappa shape index (κ1) is 18.4. The summed E-state index contributed by atoms with van der Waals surface area (Å²) in [5, 5.41) is 3.84. The third-order valence-corrected chi connectivity index (χ3v) is 4.92. The summed E-state index contributed by atoms with van der Waals surface area (Å²) in [6, 6.07) is 14.1. The van der Waals surface area contributed by atoms with E-state index in [0.29, 0.717) is 16.9 Å². The zero-order valence-electron chi connectivity index (χ0n) is 14.8. The normalized spacial score (nSPS) is 15.8. The van der Waals surface area contributed by atoms with Gasteiger partial charge in [-0.15, -0.1) is 0 Å². The second-order valence-corrected chi connectivity index (χ2v) is 7.00. The lowest BCUT2D eigenvalue weighted by molar-refractivity contribution is -0.139. The van der Waals surface area contributed by atoms with Crippen molar-refractivity contribution in [1.29, 1.82) is 0 Å². The average molecular weight is 396 g/mol. The number of fused-ring (bicyclic) bond motifs is 1. The molecule has 28 heavy (non-hydrogen) atoms. The van der Waals surface area contributed by atoms with Gasteiger partial charge < -0.3 is 14.2 Å². The van der Waals surface area contributed by atoms with Gasteiger partial charge in [0.15, 0.2) is 0 Å². The van der Waals surface area contributed by atoms with Gasteiger partial charge in [-0.3, -0.25) is 0 Å². The Morgan fingerprint density at radius 1 is 1.25 bits per heavy atom. The number of esters is 1. The molecule has 0 amide bonds. The molecule has 0 radical (unpaired) electrons. The summed E-state index contributed by atoms with van der Waals surface area (Å²) in [6.45, 7) is 0.125. The zero-order valence-corrected chi connectivity index (χ0v) is 15.7. The Hall–Kier alpha value is -2.96. The predicted molar refractivity (Wildman–Crippen MR) is 104 cm³/mol. The van der Waals surface area contributed by atoms with Crippen molar-refractivity contribution < 1.29 is 23.4 Å². The molecule has 3 aromatic rings. The second-order valence-electron chi connectivity index (χ2n) is 6.22. The van der Waals surface area contributed by atoms with E-state index in [2.05, 4.69) is 0 Å². The topological polar surface area (TPSA) is 44.8 Å². The van der Waals surface area contributed by atoms with Crippen molar-refractivity contribution in [2.75, 3.05) is 0 Å². The van der Waals surface area contributed by atoms with Crippen molar-refractivity contribution in [1.82, 2.24) is 0 Å². The molecule has 1 aliphatic heterocycles. The standard InChI is InChI=1S/C22H17FO4S/c23-19-10-17(12-25-20(24)7-6-15-8-9-28-14-15)21-18(11-19)13-26-22(27-21)16-4-2-1-3-5-16/h1-11,14,22H,12-13H2/b7-6+/t22-/m1/s1. The Bertz CT molecular complexity index is 983. The van der Waals surface area contributed by atoms with Gasteiger partial charge in [0.25, 0.3) is 0 Å². The smallest absolute Gasteiger partial charge is 0.331 e. The van der Waals surface area contributed by atoms with Crippen molar-refractivity contribution >= 4 is 23.4 Å². The molecule has 4 rings (SSSR count). The van der Waals surface area contributed by atoms with Crippen LogP contribution in [0.2, 0.25) is 0 Å². The summed E-state index contributed by atoms with van der Waals surface area (Å²) in [7, 11) is 0. The number of halogens is 1. The predicted octanol–water partition coefficient (Wildman–Crippen LogP) is 5.25. The van der Waals surface area contributed by atoms with E-state index in [0.717, 1.165) is 11.1 Å². The molecular weight excluding hydrogens is 379 g/mol. The Kier molecular flexibility index (Phi) is 5.50. The lowest BCUT2D eigenvalue weighted by atomic mass is 10.1. The minimum atomic E-state index is -0.591. The van der Waals surface area contributed by atoms with Crippen LogP contribution in [0.3, 0.4) is 0 Å². The van der Waals surface area contributed by atoms with Crippen LogP contribution in [0.25, 0.3) is 6.08 Å². The molecular formula is C22H17FO4S. The van der Waals surface area contributed by atoms with Crippen LogP contribution in [0.4, 0.5) is 4.39 Å². The van der Waals surface area contributed by atoms with Crippen LogP contribution in [0.1, 0.15) is 28.5 Å². The van der Waals surface area contributed by atoms with Crippen molar-refractivity contribution in [2.24, 2.45) is 0 Å². The first-order valence-corrected chi connectivity index (χ1v) is 9.65. The van der Waals surface area contributed by atoms with Gasteiger partial charge >= 0.3 is 5.97 Å². The fourth-order valence-electron chi connectivity index (χ4n) is 2.89. The summed E-state index contributed by atoms with van der Waals surface area (Å²) >= 11 is 1.54. The number of hydrogen-bond acceptors (Lipinski definition) is 5. The number of carbonyl (C=O) groups excluding carboxylic acids is 1. The van der Waals surface area contributed by atoms with Gasteiger partial charge in [-0.05, 0) is 40.6 Å². The SMILES string of the molecule is O=C(/C=C/c1ccsc1)OCc1cc(F)cc2c1O[C@H](c1ccccc1)OC2. The number of rotatable bonds is 5. The Morgan fingerprint density at radius 3 is 2.89 bits per heavy atom. The fraction of sp³-hybridized carbons (Fsp3) is 0.136. The maximum absolute atomic E-state index is 14.0. The molecule has 0 saturated carbocycles. The Morgan fingerprint density at radius 2 is 2.11 bits per heavy atom. The number of benzene rings is 2. The Labute approximate surface area is 165 Å². The quantitative estimate of drug-likeness (QED) is 0.436. The van der Waals surface area contributed by atoms with Crippen LogP contribution >= 0.6 is 11.3 Å². The molecule has 6 heteroatoms. The molecule has 2 heterocycles. The molecule has 0 aliphatic carbocycles. The summed E-state index contributed by atoms with van der Waals surface area (Å²) in [5.74, 6) is -0.434. The second kappa shape index (κ2) is 8.37. The van der Waals surface area contributed by atoms with Gasteiger partial charge in [-0.2, -0.15) is 11.3 Å². The van der Waals surface area contributed by atoms with Crippen molar-refractivity contribution in [3.8, 4) is 5.75 Å². The minimum absolute atomic E-state index is 0.0889. The van der Waals surface area contributed by atoms with E-state index in [1.54, 1.807) is 17.4 Å². The van der Waals surface area contributed by atoms with Gasteiger partial charge in [0, 0.05) is 22.8 Å². The van der Waals surface area contributed by atoms with Crippen molar-refractivity contribution in [3.63, 3.8) is 0 Å². The van der Waals surface area contributed by atoms with Crippen LogP contribution in [-0.2, 0) is 27.5 Å². The van der Waals surface area contributed by atoms with E-state index in [9.17, 15) is 9.18 Å². The first-order chi connectivity index (χ1) is 13.7. The fourth-order valence-corrected chi connectivity index (χ4v) is 3.52. The summed E-state index contributed by atoms with van der Waals surface area (Å²) in [4.78, 5) is 12.0. The highest BCUT2D eigenvalue weighted by molar-refractivity contribution is 7.08. The van der Waals surface area contributed by atoms with Gasteiger partial charge in [-0.1, -0.05) is 30.3 Å². The van der Waals surface area contributed by atoms with Gasteiger partial charge in [0.2, 0.25) is 6.29 Å². The first-order valence-electron chi connectivity index (χ1n) is 8.70. The number of thiophene rings is 1. The molecule has 0 saturated heterocycles. The highest BCUT2D eigenvalue weighted by Crippen LogP contribution is 2.36. The lowest BCUT2D eigenvalue weighted by Crippen LogP contribution is -2.19. The van der Waals surface area contributed by atoms with E-state index in [4.69, 9.17) is 14.2 Å². The molecule has 0 fully saturated rings. The average Bonchev–Trinajstić information content (AvgIpc) is 3.24. The Balaban J connectivity index is 1.49. The zero-order chi connectivity index (χ0) is 19.3. The third kappa shape index (κ3) is 4.30. The summed E-state index contributed by atoms with van der Waals surface area (Å²) < 4.78 is 30.9. The van der Waals surface area contributed by atoms with E-state index >= 15 is 0 Å². The molecule has 4 nitrogen and oxygen atoms in total. The van der Waals surface area contributed by atoms with Crippen LogP contribution in [-0.4, -0.2) is 5.97 Å². The summed E-state index contributed by atoms with van der Waals surface area (Å²) in [6.07, 6.45) is 2.44. The van der Waals surface area contributed by atoms with Gasteiger partial charge in [0.1, 0.15) is 18.2 Å². The van der Waals surface area contributed by atoms with Crippen LogP contribution < -0.4 is 4.74 Å². The molecule has 142 valence electrons. The van der Waals surface area contributed by atoms with Gasteiger partial charge in [0.05, 0.1) is 6.61 Å². The molecule has 0 bridgehead atoms. The summed E-state index contributed by atoms with van der Waals surface area (Å²) in [5.41, 5.74) is 2.85. The number of carbonyl (C=O) groups is 1. The molecule has 0 N–H and O–H groups in total. The van der Waals surface area contributed by atoms with E-state index < -0.39 is 18.1 Å². The van der Waals surface area contributed by atoms with E-state index in [1.807, 2.05) is 47.2 Å². The lowest BCUT2D eigenvalue weighted by Gasteiger charge is -2.28. The minimum Gasteiger partial charge on any atom is -0.460 e. The van der Waals surface area contributed by atoms with Crippen molar-refractivity contribution in [2.45, 2.75) is 19.5 Å². The number of ether oxygens (including phenoxy) is 3. The molecule has 1 aliphatic rings. The van der Waals surface area contributed by atoms with Crippen LogP contribution in [0.15, 0.2) is 65.4 Å². The van der Waals surface area contributed by atoms with Gasteiger partial charge in [-0.25, -0.2) is 9.18 Å². The monoisotopic (exact) mass is 396 g/mol. The van der Waals surface area contributed by atoms with Crippen molar-refractivity contribution in [3.05, 3.63) is 93.4 Å². The maximum Gasteiger partial charge on any atom is 0.331 e.